The van der Waals surface area contributed by atoms with E-state index in [1.807, 2.05) is 7.05 Å². The van der Waals surface area contributed by atoms with E-state index in [2.05, 4.69) is 16.9 Å². The Morgan fingerprint density at radius 1 is 1.62 bits per heavy atom. The van der Waals surface area contributed by atoms with Crippen LogP contribution >= 0.6 is 0 Å². The molecule has 2 heteroatoms. The van der Waals surface area contributed by atoms with Gasteiger partial charge in [0.2, 0.25) is 0 Å². The van der Waals surface area contributed by atoms with Crippen molar-refractivity contribution in [2.45, 2.75) is 12.8 Å². The molecule has 1 aliphatic heterocycles. The predicted molar refractivity (Wildman–Crippen MR) is 35.2 cm³/mol. The molecule has 8 heavy (non-hydrogen) atoms. The summed E-state index contributed by atoms with van der Waals surface area (Å²) in [5, 5.41) is 0. The zero-order valence-corrected chi connectivity index (χ0v) is 5.52. The van der Waals surface area contributed by atoms with E-state index in [9.17, 15) is 0 Å². The molecule has 0 unspecified atom stereocenters. The first-order valence-electron chi connectivity index (χ1n) is 3.01. The Bertz CT molecular complexity index is 107. The molecule has 0 aromatic rings. The lowest BCUT2D eigenvalue weighted by Crippen LogP contribution is -2.18. The fraction of sp³-hybridized carbons (Fsp3) is 0.833. The Morgan fingerprint density at radius 2 is 2.38 bits per heavy atom. The Hall–Kier alpha value is -0.530. The van der Waals surface area contributed by atoms with E-state index in [1.54, 1.807) is 0 Å². The standard InChI is InChI=1S/C6H12N2/c1-7-6-4-3-5-8(6)2/h3-5H2,1-2H3/b7-6-. The van der Waals surface area contributed by atoms with Crippen molar-refractivity contribution in [1.29, 1.82) is 0 Å². The summed E-state index contributed by atoms with van der Waals surface area (Å²) in [7, 11) is 3.95. The van der Waals surface area contributed by atoms with Crippen molar-refractivity contribution < 1.29 is 0 Å². The highest BCUT2D eigenvalue weighted by atomic mass is 15.2. The maximum atomic E-state index is 4.11. The summed E-state index contributed by atoms with van der Waals surface area (Å²) in [5.74, 6) is 1.25. The molecular weight excluding hydrogens is 100 g/mol. The van der Waals surface area contributed by atoms with Crippen molar-refractivity contribution in [3.63, 3.8) is 0 Å². The van der Waals surface area contributed by atoms with E-state index in [1.165, 1.54) is 25.2 Å². The summed E-state index contributed by atoms with van der Waals surface area (Å²) in [6.45, 7) is 1.19. The predicted octanol–water partition coefficient (Wildman–Crippen LogP) is 0.740. The largest absolute Gasteiger partial charge is 0.363 e. The fourth-order valence-electron chi connectivity index (χ4n) is 1.08. The summed E-state index contributed by atoms with van der Waals surface area (Å²) in [6.07, 6.45) is 2.45. The van der Waals surface area contributed by atoms with Gasteiger partial charge in [-0.25, -0.2) is 0 Å². The molecule has 0 atom stereocenters. The number of rotatable bonds is 0. The second-order valence-corrected chi connectivity index (χ2v) is 2.16. The van der Waals surface area contributed by atoms with Crippen LogP contribution in [0.3, 0.4) is 0 Å². The monoisotopic (exact) mass is 112 g/mol. The van der Waals surface area contributed by atoms with Gasteiger partial charge in [-0.05, 0) is 6.42 Å². The summed E-state index contributed by atoms with van der Waals surface area (Å²) in [4.78, 5) is 6.32. The van der Waals surface area contributed by atoms with Crippen LogP contribution in [0.25, 0.3) is 0 Å². The maximum absolute atomic E-state index is 4.11. The van der Waals surface area contributed by atoms with Gasteiger partial charge in [0.15, 0.2) is 0 Å². The van der Waals surface area contributed by atoms with Crippen LogP contribution < -0.4 is 0 Å². The van der Waals surface area contributed by atoms with E-state index in [0.29, 0.717) is 0 Å². The molecule has 46 valence electrons. The lowest BCUT2D eigenvalue weighted by atomic mass is 10.4. The van der Waals surface area contributed by atoms with E-state index in [-0.39, 0.29) is 0 Å². The van der Waals surface area contributed by atoms with Gasteiger partial charge < -0.3 is 4.90 Å². The maximum Gasteiger partial charge on any atom is 0.0983 e. The molecule has 0 amide bonds. The van der Waals surface area contributed by atoms with E-state index >= 15 is 0 Å². The average Bonchev–Trinajstić information content (AvgIpc) is 2.14. The van der Waals surface area contributed by atoms with Crippen LogP contribution in [0.4, 0.5) is 0 Å². The first-order chi connectivity index (χ1) is 3.84. The van der Waals surface area contributed by atoms with Crippen molar-refractivity contribution in [2.24, 2.45) is 4.99 Å². The second-order valence-electron chi connectivity index (χ2n) is 2.16. The molecule has 0 N–H and O–H groups in total. The van der Waals surface area contributed by atoms with Crippen LogP contribution in [0.2, 0.25) is 0 Å². The summed E-state index contributed by atoms with van der Waals surface area (Å²) in [5.41, 5.74) is 0. The smallest absolute Gasteiger partial charge is 0.0983 e. The van der Waals surface area contributed by atoms with Gasteiger partial charge in [0, 0.05) is 27.1 Å². The van der Waals surface area contributed by atoms with E-state index < -0.39 is 0 Å². The van der Waals surface area contributed by atoms with Gasteiger partial charge in [-0.1, -0.05) is 0 Å². The average molecular weight is 112 g/mol. The highest BCUT2D eigenvalue weighted by molar-refractivity contribution is 5.83. The molecule has 0 bridgehead atoms. The fourth-order valence-corrected chi connectivity index (χ4v) is 1.08. The second kappa shape index (κ2) is 2.16. The Labute approximate surface area is 50.2 Å². The van der Waals surface area contributed by atoms with Gasteiger partial charge in [0.1, 0.15) is 0 Å². The molecule has 0 aromatic heterocycles. The van der Waals surface area contributed by atoms with Gasteiger partial charge in [-0.15, -0.1) is 0 Å². The van der Waals surface area contributed by atoms with Crippen molar-refractivity contribution in [3.05, 3.63) is 0 Å². The molecule has 1 rings (SSSR count). The van der Waals surface area contributed by atoms with Crippen molar-refractivity contribution >= 4 is 5.84 Å². The van der Waals surface area contributed by atoms with Gasteiger partial charge >= 0.3 is 0 Å². The molecule has 1 fully saturated rings. The molecule has 1 heterocycles. The molecule has 2 nitrogen and oxygen atoms in total. The third-order valence-electron chi connectivity index (χ3n) is 1.59. The van der Waals surface area contributed by atoms with Gasteiger partial charge in [0.05, 0.1) is 5.84 Å². The van der Waals surface area contributed by atoms with Crippen LogP contribution in [-0.2, 0) is 0 Å². The number of likely N-dealkylation sites (tertiary alicyclic amines) is 1. The van der Waals surface area contributed by atoms with Crippen molar-refractivity contribution in [3.8, 4) is 0 Å². The number of nitrogens with zero attached hydrogens (tertiary/aromatic N) is 2. The molecule has 0 saturated carbocycles. The first kappa shape index (κ1) is 5.60. The number of hydrogen-bond acceptors (Lipinski definition) is 1. The van der Waals surface area contributed by atoms with Crippen molar-refractivity contribution in [2.75, 3.05) is 20.6 Å². The quantitative estimate of drug-likeness (QED) is 0.451. The third kappa shape index (κ3) is 0.831. The molecule has 0 radical (unpaired) electrons. The zero-order chi connectivity index (χ0) is 5.98. The number of hydrogen-bond donors (Lipinski definition) is 0. The topological polar surface area (TPSA) is 15.6 Å². The van der Waals surface area contributed by atoms with Crippen LogP contribution in [0.15, 0.2) is 4.99 Å². The molecule has 0 aromatic carbocycles. The minimum Gasteiger partial charge on any atom is -0.363 e. The lowest BCUT2D eigenvalue weighted by Gasteiger charge is -2.08. The third-order valence-corrected chi connectivity index (χ3v) is 1.59. The molecule has 0 aliphatic carbocycles. The molecule has 0 spiro atoms. The minimum absolute atomic E-state index is 1.17. The van der Waals surface area contributed by atoms with Gasteiger partial charge in [-0.3, -0.25) is 4.99 Å². The summed E-state index contributed by atoms with van der Waals surface area (Å²) < 4.78 is 0. The van der Waals surface area contributed by atoms with Crippen molar-refractivity contribution in [1.82, 2.24) is 4.90 Å². The van der Waals surface area contributed by atoms with Gasteiger partial charge in [-0.2, -0.15) is 0 Å². The Balaban J connectivity index is 2.55. The highest BCUT2D eigenvalue weighted by Gasteiger charge is 2.11. The van der Waals surface area contributed by atoms with E-state index in [0.717, 1.165) is 0 Å². The Kier molecular flexibility index (Phi) is 1.51. The Morgan fingerprint density at radius 3 is 2.62 bits per heavy atom. The van der Waals surface area contributed by atoms with Crippen LogP contribution in [0, 0.1) is 0 Å². The first-order valence-corrected chi connectivity index (χ1v) is 3.01. The van der Waals surface area contributed by atoms with Crippen LogP contribution in [0.1, 0.15) is 12.8 Å². The molecule has 1 aliphatic rings. The van der Waals surface area contributed by atoms with Crippen LogP contribution in [0.5, 0.6) is 0 Å². The molecule has 1 saturated heterocycles. The number of amidine groups is 1. The normalized spacial score (nSPS) is 25.2. The van der Waals surface area contributed by atoms with E-state index in [4.69, 9.17) is 0 Å². The number of aliphatic imine (C=N–C) groups is 1. The highest BCUT2D eigenvalue weighted by Crippen LogP contribution is 2.07. The van der Waals surface area contributed by atoms with Crippen LogP contribution in [-0.4, -0.2) is 31.4 Å². The SMILES string of the molecule is C/N=C1/CCCN1C. The molecular formula is C6H12N2. The van der Waals surface area contributed by atoms with Gasteiger partial charge in [0.25, 0.3) is 0 Å². The lowest BCUT2D eigenvalue weighted by molar-refractivity contribution is 0.549. The minimum atomic E-state index is 1.17. The summed E-state index contributed by atoms with van der Waals surface area (Å²) in [6, 6.07) is 0. The summed E-state index contributed by atoms with van der Waals surface area (Å²) >= 11 is 0. The zero-order valence-electron chi connectivity index (χ0n) is 5.52.